The predicted octanol–water partition coefficient (Wildman–Crippen LogP) is 2.57. The van der Waals surface area contributed by atoms with Gasteiger partial charge in [0.25, 0.3) is 0 Å². The topological polar surface area (TPSA) is 64.4 Å². The maximum atomic E-state index is 12.0. The molecule has 1 rings (SSSR count). The Hall–Kier alpha value is -1.47. The van der Waals surface area contributed by atoms with Crippen LogP contribution in [0.4, 0.5) is 13.2 Å². The lowest BCUT2D eigenvalue weighted by molar-refractivity contribution is -0.153. The summed E-state index contributed by atoms with van der Waals surface area (Å²) in [6, 6.07) is 5.14. The van der Waals surface area contributed by atoms with Crippen molar-refractivity contribution in [3.05, 3.63) is 29.8 Å². The standard InChI is InChI=1S/C13H17F3N2O2.ClH/c1-8(17)12(19)18-9(2)10-3-5-11(6-4-10)20-7-13(14,15)16;/h3-6,8-9H,7,17H2,1-2H3,(H,18,19);1H/t8-,9?;/m0./s1. The Labute approximate surface area is 127 Å². The summed E-state index contributed by atoms with van der Waals surface area (Å²) in [6.45, 7) is 1.99. The molecule has 1 aromatic carbocycles. The van der Waals surface area contributed by atoms with Crippen LogP contribution in [-0.4, -0.2) is 24.7 Å². The van der Waals surface area contributed by atoms with Crippen molar-refractivity contribution in [2.45, 2.75) is 32.1 Å². The summed E-state index contributed by atoms with van der Waals surface area (Å²) < 4.78 is 40.5. The number of nitrogens with one attached hydrogen (secondary N) is 1. The molecular weight excluding hydrogens is 309 g/mol. The molecule has 21 heavy (non-hydrogen) atoms. The van der Waals surface area contributed by atoms with Gasteiger partial charge in [0.1, 0.15) is 5.75 Å². The highest BCUT2D eigenvalue weighted by molar-refractivity contribution is 5.85. The Morgan fingerprint density at radius 3 is 2.24 bits per heavy atom. The van der Waals surface area contributed by atoms with Crippen LogP contribution in [0.2, 0.25) is 0 Å². The molecule has 0 aliphatic carbocycles. The molecule has 1 amide bonds. The predicted molar refractivity (Wildman–Crippen MR) is 75.4 cm³/mol. The van der Waals surface area contributed by atoms with E-state index in [4.69, 9.17) is 5.73 Å². The summed E-state index contributed by atoms with van der Waals surface area (Å²) in [5.74, 6) is -0.174. The normalized spacial score (nSPS) is 13.8. The molecule has 0 radical (unpaired) electrons. The van der Waals surface area contributed by atoms with Crippen LogP contribution in [-0.2, 0) is 4.79 Å². The van der Waals surface area contributed by atoms with Gasteiger partial charge in [-0.1, -0.05) is 12.1 Å². The molecule has 0 bridgehead atoms. The average molecular weight is 327 g/mol. The molecule has 3 N–H and O–H groups in total. The Balaban J connectivity index is 0.00000400. The molecule has 0 spiro atoms. The highest BCUT2D eigenvalue weighted by Gasteiger charge is 2.28. The van der Waals surface area contributed by atoms with E-state index in [1.165, 1.54) is 12.1 Å². The van der Waals surface area contributed by atoms with Crippen molar-refractivity contribution in [1.29, 1.82) is 0 Å². The van der Waals surface area contributed by atoms with Gasteiger partial charge in [-0.25, -0.2) is 0 Å². The lowest BCUT2D eigenvalue weighted by atomic mass is 10.1. The monoisotopic (exact) mass is 326 g/mol. The number of amides is 1. The van der Waals surface area contributed by atoms with Gasteiger partial charge in [-0.2, -0.15) is 13.2 Å². The third kappa shape index (κ3) is 7.19. The van der Waals surface area contributed by atoms with Crippen molar-refractivity contribution < 1.29 is 22.7 Å². The van der Waals surface area contributed by atoms with Crippen molar-refractivity contribution in [2.24, 2.45) is 5.73 Å². The third-order valence-corrected chi connectivity index (χ3v) is 2.55. The highest BCUT2D eigenvalue weighted by Crippen LogP contribution is 2.21. The van der Waals surface area contributed by atoms with Crippen LogP contribution in [0.5, 0.6) is 5.75 Å². The third-order valence-electron chi connectivity index (χ3n) is 2.55. The van der Waals surface area contributed by atoms with Gasteiger partial charge in [0.15, 0.2) is 6.61 Å². The molecule has 0 aliphatic heterocycles. The number of ether oxygens (including phenoxy) is 1. The average Bonchev–Trinajstić information content (AvgIpc) is 2.35. The summed E-state index contributed by atoms with van der Waals surface area (Å²) in [5.41, 5.74) is 6.18. The van der Waals surface area contributed by atoms with Crippen LogP contribution in [0, 0.1) is 0 Å². The first-order valence-electron chi connectivity index (χ1n) is 6.04. The number of alkyl halides is 3. The minimum atomic E-state index is -4.36. The van der Waals surface area contributed by atoms with E-state index in [-0.39, 0.29) is 30.1 Å². The number of carbonyl (C=O) groups is 1. The molecule has 0 saturated heterocycles. The van der Waals surface area contributed by atoms with E-state index in [0.29, 0.717) is 0 Å². The maximum absolute atomic E-state index is 12.0. The number of rotatable bonds is 5. The van der Waals surface area contributed by atoms with E-state index < -0.39 is 18.8 Å². The Morgan fingerprint density at radius 2 is 1.81 bits per heavy atom. The van der Waals surface area contributed by atoms with Gasteiger partial charge in [-0.05, 0) is 31.5 Å². The molecule has 1 unspecified atom stereocenters. The number of carbonyl (C=O) groups excluding carboxylic acids is 1. The zero-order chi connectivity index (χ0) is 15.3. The number of nitrogens with two attached hydrogens (primary N) is 1. The summed E-state index contributed by atoms with van der Waals surface area (Å²) in [4.78, 5) is 11.4. The Morgan fingerprint density at radius 1 is 1.29 bits per heavy atom. The van der Waals surface area contributed by atoms with Gasteiger partial charge in [0.2, 0.25) is 5.91 Å². The Bertz CT molecular complexity index is 450. The molecule has 0 aliphatic rings. The molecule has 8 heteroatoms. The molecule has 4 nitrogen and oxygen atoms in total. The van der Waals surface area contributed by atoms with Crippen LogP contribution < -0.4 is 15.8 Å². The fraction of sp³-hybridized carbons (Fsp3) is 0.462. The first kappa shape index (κ1) is 19.5. The minimum absolute atomic E-state index is 0. The largest absolute Gasteiger partial charge is 0.484 e. The second-order valence-electron chi connectivity index (χ2n) is 4.49. The second kappa shape index (κ2) is 8.09. The molecule has 0 saturated carbocycles. The van der Waals surface area contributed by atoms with Gasteiger partial charge in [-0.15, -0.1) is 12.4 Å². The van der Waals surface area contributed by atoms with Crippen LogP contribution in [0.15, 0.2) is 24.3 Å². The number of hydrogen-bond donors (Lipinski definition) is 2. The summed E-state index contributed by atoms with van der Waals surface area (Å²) in [5, 5.41) is 2.69. The van der Waals surface area contributed by atoms with Gasteiger partial charge in [-0.3, -0.25) is 4.79 Å². The zero-order valence-electron chi connectivity index (χ0n) is 11.6. The van der Waals surface area contributed by atoms with Crippen LogP contribution in [0.3, 0.4) is 0 Å². The van der Waals surface area contributed by atoms with Gasteiger partial charge in [0.05, 0.1) is 12.1 Å². The molecular formula is C13H18ClF3N2O2. The highest BCUT2D eigenvalue weighted by atomic mass is 35.5. The van der Waals surface area contributed by atoms with Crippen LogP contribution in [0.1, 0.15) is 25.5 Å². The van der Waals surface area contributed by atoms with Crippen molar-refractivity contribution in [3.63, 3.8) is 0 Å². The van der Waals surface area contributed by atoms with Crippen molar-refractivity contribution in [3.8, 4) is 5.75 Å². The van der Waals surface area contributed by atoms with E-state index in [9.17, 15) is 18.0 Å². The molecule has 0 fully saturated rings. The van der Waals surface area contributed by atoms with Gasteiger partial charge >= 0.3 is 6.18 Å². The SMILES string of the molecule is CC(NC(=O)[C@H](C)N)c1ccc(OCC(F)(F)F)cc1.Cl. The van der Waals surface area contributed by atoms with E-state index in [1.807, 2.05) is 0 Å². The molecule has 0 heterocycles. The fourth-order valence-electron chi connectivity index (χ4n) is 1.45. The van der Waals surface area contributed by atoms with Crippen molar-refractivity contribution in [1.82, 2.24) is 5.32 Å². The summed E-state index contributed by atoms with van der Waals surface area (Å²) in [7, 11) is 0. The van der Waals surface area contributed by atoms with Crippen molar-refractivity contribution >= 4 is 18.3 Å². The van der Waals surface area contributed by atoms with Crippen LogP contribution in [0.25, 0.3) is 0 Å². The van der Waals surface area contributed by atoms with E-state index >= 15 is 0 Å². The lowest BCUT2D eigenvalue weighted by Crippen LogP contribution is -2.39. The minimum Gasteiger partial charge on any atom is -0.484 e. The maximum Gasteiger partial charge on any atom is 0.422 e. The summed E-state index contributed by atoms with van der Waals surface area (Å²) in [6.07, 6.45) is -4.36. The smallest absolute Gasteiger partial charge is 0.422 e. The number of hydrogen-bond acceptors (Lipinski definition) is 3. The Kier molecular flexibility index (Phi) is 7.52. The zero-order valence-corrected chi connectivity index (χ0v) is 12.4. The van der Waals surface area contributed by atoms with Crippen molar-refractivity contribution in [2.75, 3.05) is 6.61 Å². The van der Waals surface area contributed by atoms with E-state index in [1.54, 1.807) is 26.0 Å². The second-order valence-corrected chi connectivity index (χ2v) is 4.49. The lowest BCUT2D eigenvalue weighted by Gasteiger charge is -2.16. The molecule has 0 aromatic heterocycles. The van der Waals surface area contributed by atoms with Crippen LogP contribution >= 0.6 is 12.4 Å². The quantitative estimate of drug-likeness (QED) is 0.874. The molecule has 2 atom stereocenters. The van der Waals surface area contributed by atoms with E-state index in [0.717, 1.165) is 5.56 Å². The molecule has 120 valence electrons. The van der Waals surface area contributed by atoms with E-state index in [2.05, 4.69) is 10.1 Å². The fourth-order valence-corrected chi connectivity index (χ4v) is 1.45. The first-order chi connectivity index (χ1) is 9.19. The molecule has 1 aromatic rings. The van der Waals surface area contributed by atoms with Gasteiger partial charge < -0.3 is 15.8 Å². The van der Waals surface area contributed by atoms with Gasteiger partial charge in [0, 0.05) is 0 Å². The number of benzene rings is 1. The first-order valence-corrected chi connectivity index (χ1v) is 6.04. The number of halogens is 4. The summed E-state index contributed by atoms with van der Waals surface area (Å²) >= 11 is 0.